The normalized spacial score (nSPS) is 7.62. The monoisotopic (exact) mass is 190 g/mol. The summed E-state index contributed by atoms with van der Waals surface area (Å²) in [5, 5.41) is 0.794. The second-order valence-corrected chi connectivity index (χ2v) is 1.73. The number of benzene rings is 1. The minimum atomic E-state index is 0. The van der Waals surface area contributed by atoms with Gasteiger partial charge in [-0.15, -0.1) is 0 Å². The summed E-state index contributed by atoms with van der Waals surface area (Å²) in [7, 11) is 0. The molecule has 0 fully saturated rings. The molecule has 1 aromatic rings. The topological polar surface area (TPSA) is 0 Å². The van der Waals surface area contributed by atoms with Gasteiger partial charge in [-0.05, 0) is 12.1 Å². The molecule has 0 aliphatic rings. The zero-order valence-corrected chi connectivity index (χ0v) is 8.19. The Kier molecular flexibility index (Phi) is 4.03. The van der Waals surface area contributed by atoms with Crippen molar-refractivity contribution in [2.24, 2.45) is 0 Å². The van der Waals surface area contributed by atoms with Crippen LogP contribution >= 0.6 is 11.6 Å². The Morgan fingerprint density at radius 2 is 1.50 bits per heavy atom. The van der Waals surface area contributed by atoms with E-state index in [4.69, 9.17) is 11.6 Å². The molecule has 0 heterocycles. The molecule has 1 rings (SSSR count). The Morgan fingerprint density at radius 1 is 1.00 bits per heavy atom. The van der Waals surface area contributed by atoms with Crippen molar-refractivity contribution in [1.29, 1.82) is 0 Å². The van der Waals surface area contributed by atoms with Gasteiger partial charge in [-0.1, -0.05) is 29.8 Å². The van der Waals surface area contributed by atoms with Gasteiger partial charge in [0.1, 0.15) is 0 Å². The van der Waals surface area contributed by atoms with E-state index in [0.717, 1.165) is 5.02 Å². The summed E-state index contributed by atoms with van der Waals surface area (Å²) in [5.41, 5.74) is 0. The van der Waals surface area contributed by atoms with Crippen LogP contribution in [0.1, 0.15) is 0 Å². The second kappa shape index (κ2) is 4.00. The fourth-order valence-electron chi connectivity index (χ4n) is 0.415. The molecule has 0 nitrogen and oxygen atoms in total. The first-order chi connectivity index (χ1) is 3.39. The predicted molar refractivity (Wildman–Crippen MR) is 41.4 cm³/mol. The Morgan fingerprint density at radius 3 is 1.75 bits per heavy atom. The molecule has 0 aliphatic carbocycles. The molecule has 0 spiro atoms. The molecule has 0 N–H and O–H groups in total. The molecular weight excluding hydrogens is 182 g/mol. The molecule has 1 unspecified atom stereocenters. The fourth-order valence-corrected chi connectivity index (χ4v) is 0.560. The van der Waals surface area contributed by atoms with Crippen LogP contribution in [0.2, 0.25) is 5.02 Å². The Balaban J connectivity index is 0.000000490. The molecular formula is C6H8AsCl. The molecule has 0 aliphatic heterocycles. The summed E-state index contributed by atoms with van der Waals surface area (Å²) in [4.78, 5) is 0. The van der Waals surface area contributed by atoms with Gasteiger partial charge in [0.05, 0.1) is 0 Å². The molecule has 1 aromatic carbocycles. The Hall–Kier alpha value is 0.0684. The van der Waals surface area contributed by atoms with Crippen molar-refractivity contribution >= 4 is 29.6 Å². The minimum absolute atomic E-state index is 0. The molecule has 0 saturated heterocycles. The summed E-state index contributed by atoms with van der Waals surface area (Å²) in [6.07, 6.45) is 0. The van der Waals surface area contributed by atoms with Crippen molar-refractivity contribution in [3.05, 3.63) is 35.4 Å². The first kappa shape index (κ1) is 8.07. The van der Waals surface area contributed by atoms with E-state index in [1.54, 1.807) is 0 Å². The molecule has 44 valence electrons. The first-order valence-corrected chi connectivity index (χ1v) is 2.48. The second-order valence-electron chi connectivity index (χ2n) is 1.30. The quantitative estimate of drug-likeness (QED) is 0.539. The molecule has 0 saturated carbocycles. The maximum absolute atomic E-state index is 5.54. The summed E-state index contributed by atoms with van der Waals surface area (Å²) in [6.45, 7) is 0. The van der Waals surface area contributed by atoms with Gasteiger partial charge in [0.25, 0.3) is 0 Å². The van der Waals surface area contributed by atoms with Crippen molar-refractivity contribution in [1.82, 2.24) is 0 Å². The van der Waals surface area contributed by atoms with Gasteiger partial charge in [0.15, 0.2) is 0 Å². The molecule has 2 heteroatoms. The summed E-state index contributed by atoms with van der Waals surface area (Å²) in [6, 6.07) is 9.44. The first-order valence-electron chi connectivity index (χ1n) is 2.10. The molecule has 0 amide bonds. The van der Waals surface area contributed by atoms with Crippen molar-refractivity contribution in [2.45, 2.75) is 0 Å². The van der Waals surface area contributed by atoms with E-state index in [1.165, 1.54) is 0 Å². The van der Waals surface area contributed by atoms with Crippen molar-refractivity contribution in [3.63, 3.8) is 0 Å². The predicted octanol–water partition coefficient (Wildman–Crippen LogP) is 1.16. The van der Waals surface area contributed by atoms with Gasteiger partial charge in [-0.25, -0.2) is 0 Å². The van der Waals surface area contributed by atoms with E-state index in [1.807, 2.05) is 30.3 Å². The molecule has 0 radical (unpaired) electrons. The fraction of sp³-hybridized carbons (Fsp3) is 0. The standard InChI is InChI=1S/C6H5Cl.AsH3/c7-6-4-2-1-3-5-6;/h1-5H;1H3. The average Bonchev–Trinajstić information content (AvgIpc) is 1.69. The number of halogens is 1. The number of hydrogen-bond acceptors (Lipinski definition) is 0. The van der Waals surface area contributed by atoms with E-state index in [0.29, 0.717) is 0 Å². The maximum atomic E-state index is 5.54. The van der Waals surface area contributed by atoms with Crippen molar-refractivity contribution in [3.8, 4) is 0 Å². The Labute approximate surface area is 65.2 Å². The Bertz CT molecular complexity index is 138. The van der Waals surface area contributed by atoms with Gasteiger partial charge >= 0.3 is 18.0 Å². The van der Waals surface area contributed by atoms with Crippen molar-refractivity contribution in [2.75, 3.05) is 0 Å². The summed E-state index contributed by atoms with van der Waals surface area (Å²) >= 11 is 5.54. The average molecular weight is 191 g/mol. The van der Waals surface area contributed by atoms with Crippen LogP contribution in [0.25, 0.3) is 0 Å². The molecule has 0 bridgehead atoms. The molecule has 1 atom stereocenters. The third-order valence-corrected chi connectivity index (χ3v) is 0.985. The van der Waals surface area contributed by atoms with Crippen LogP contribution in [0.5, 0.6) is 0 Å². The van der Waals surface area contributed by atoms with Crippen molar-refractivity contribution < 1.29 is 0 Å². The van der Waals surface area contributed by atoms with Crippen LogP contribution in [0.3, 0.4) is 0 Å². The van der Waals surface area contributed by atoms with Gasteiger partial charge in [-0.3, -0.25) is 0 Å². The number of rotatable bonds is 0. The third kappa shape index (κ3) is 2.39. The zero-order valence-electron chi connectivity index (χ0n) is 4.47. The van der Waals surface area contributed by atoms with Gasteiger partial charge in [0, 0.05) is 5.02 Å². The van der Waals surface area contributed by atoms with Crippen LogP contribution in [0.15, 0.2) is 30.3 Å². The van der Waals surface area contributed by atoms with E-state index >= 15 is 0 Å². The van der Waals surface area contributed by atoms with E-state index in [-0.39, 0.29) is 18.0 Å². The van der Waals surface area contributed by atoms with Crippen LogP contribution in [-0.2, 0) is 0 Å². The van der Waals surface area contributed by atoms with E-state index in [9.17, 15) is 0 Å². The van der Waals surface area contributed by atoms with Crippen LogP contribution in [0.4, 0.5) is 0 Å². The van der Waals surface area contributed by atoms with Gasteiger partial charge < -0.3 is 0 Å². The molecule has 8 heavy (non-hydrogen) atoms. The van der Waals surface area contributed by atoms with Crippen LogP contribution in [-0.4, -0.2) is 18.0 Å². The summed E-state index contributed by atoms with van der Waals surface area (Å²) in [5.74, 6) is 0. The van der Waals surface area contributed by atoms with Gasteiger partial charge in [-0.2, -0.15) is 0 Å². The SMILES string of the molecule is Clc1ccccc1.[AsH3]. The third-order valence-electron chi connectivity index (χ3n) is 0.733. The zero-order chi connectivity index (χ0) is 5.11. The van der Waals surface area contributed by atoms with Crippen LogP contribution in [0, 0.1) is 0 Å². The van der Waals surface area contributed by atoms with E-state index in [2.05, 4.69) is 0 Å². The summed E-state index contributed by atoms with van der Waals surface area (Å²) < 4.78 is 0. The van der Waals surface area contributed by atoms with Crippen LogP contribution < -0.4 is 0 Å². The van der Waals surface area contributed by atoms with Gasteiger partial charge in [0.2, 0.25) is 0 Å². The van der Waals surface area contributed by atoms with E-state index < -0.39 is 0 Å². The number of hydrogen-bond donors (Lipinski definition) is 0. The molecule has 0 aromatic heterocycles.